The Balaban J connectivity index is 1.83. The van der Waals surface area contributed by atoms with Gasteiger partial charge in [-0.25, -0.2) is 4.98 Å². The largest absolute Gasteiger partial charge is 0.355 e. The average molecular weight is 287 g/mol. The minimum atomic E-state index is 0.163. The SMILES string of the molecule is CCCC(CCC)C(=O)NCCc1nc2ccccc2[nH]1. The zero-order valence-electron chi connectivity index (χ0n) is 13.0. The van der Waals surface area contributed by atoms with Crippen molar-refractivity contribution in [3.8, 4) is 0 Å². The molecule has 0 aliphatic rings. The highest BCUT2D eigenvalue weighted by Gasteiger charge is 2.15. The van der Waals surface area contributed by atoms with Gasteiger partial charge >= 0.3 is 0 Å². The number of H-pyrrole nitrogens is 1. The van der Waals surface area contributed by atoms with E-state index in [0.29, 0.717) is 6.54 Å². The lowest BCUT2D eigenvalue weighted by molar-refractivity contribution is -0.125. The molecule has 1 aromatic carbocycles. The molecule has 4 nitrogen and oxygen atoms in total. The third-order valence-corrected chi connectivity index (χ3v) is 3.74. The Morgan fingerprint density at radius 3 is 2.62 bits per heavy atom. The zero-order valence-corrected chi connectivity index (χ0v) is 13.0. The Bertz CT molecular complexity index is 537. The number of hydrogen-bond donors (Lipinski definition) is 2. The summed E-state index contributed by atoms with van der Waals surface area (Å²) in [5, 5.41) is 3.05. The van der Waals surface area contributed by atoms with E-state index in [0.717, 1.165) is 49.0 Å². The van der Waals surface area contributed by atoms with E-state index in [1.54, 1.807) is 0 Å². The summed E-state index contributed by atoms with van der Waals surface area (Å²) < 4.78 is 0. The number of fused-ring (bicyclic) bond motifs is 1. The van der Waals surface area contributed by atoms with Gasteiger partial charge in [-0.15, -0.1) is 0 Å². The lowest BCUT2D eigenvalue weighted by atomic mass is 9.97. The van der Waals surface area contributed by atoms with Crippen molar-refractivity contribution in [3.05, 3.63) is 30.1 Å². The Labute approximate surface area is 126 Å². The summed E-state index contributed by atoms with van der Waals surface area (Å²) in [4.78, 5) is 20.0. The molecule has 0 saturated heterocycles. The van der Waals surface area contributed by atoms with E-state index in [1.807, 2.05) is 24.3 Å². The highest BCUT2D eigenvalue weighted by atomic mass is 16.1. The number of aromatic amines is 1. The molecule has 1 aromatic heterocycles. The first-order chi connectivity index (χ1) is 10.2. The third kappa shape index (κ3) is 4.31. The predicted octanol–water partition coefficient (Wildman–Crippen LogP) is 3.44. The summed E-state index contributed by atoms with van der Waals surface area (Å²) in [5.41, 5.74) is 2.03. The van der Waals surface area contributed by atoms with Crippen molar-refractivity contribution in [2.45, 2.75) is 46.0 Å². The third-order valence-electron chi connectivity index (χ3n) is 3.74. The lowest BCUT2D eigenvalue weighted by Gasteiger charge is -2.14. The smallest absolute Gasteiger partial charge is 0.223 e. The van der Waals surface area contributed by atoms with Crippen LogP contribution in [0.15, 0.2) is 24.3 Å². The first-order valence-electron chi connectivity index (χ1n) is 7.96. The van der Waals surface area contributed by atoms with Crippen LogP contribution in [-0.4, -0.2) is 22.4 Å². The van der Waals surface area contributed by atoms with Crippen molar-refractivity contribution in [1.29, 1.82) is 0 Å². The predicted molar refractivity (Wildman–Crippen MR) is 86.1 cm³/mol. The summed E-state index contributed by atoms with van der Waals surface area (Å²) in [6, 6.07) is 7.98. The normalized spacial score (nSPS) is 11.2. The van der Waals surface area contributed by atoms with Gasteiger partial charge in [0, 0.05) is 18.9 Å². The van der Waals surface area contributed by atoms with E-state index in [4.69, 9.17) is 0 Å². The number of benzene rings is 1. The minimum absolute atomic E-state index is 0.163. The molecule has 0 atom stereocenters. The molecule has 2 rings (SSSR count). The first kappa shape index (κ1) is 15.5. The number of rotatable bonds is 8. The minimum Gasteiger partial charge on any atom is -0.355 e. The first-order valence-corrected chi connectivity index (χ1v) is 7.96. The van der Waals surface area contributed by atoms with Crippen molar-refractivity contribution < 1.29 is 4.79 Å². The Kier molecular flexibility index (Phi) is 5.78. The van der Waals surface area contributed by atoms with E-state index in [9.17, 15) is 4.79 Å². The molecule has 0 aliphatic heterocycles. The molecule has 0 unspecified atom stereocenters. The van der Waals surface area contributed by atoms with Crippen LogP contribution in [0.2, 0.25) is 0 Å². The van der Waals surface area contributed by atoms with Gasteiger partial charge in [0.2, 0.25) is 5.91 Å². The molecule has 4 heteroatoms. The van der Waals surface area contributed by atoms with Crippen molar-refractivity contribution in [1.82, 2.24) is 15.3 Å². The number of carbonyl (C=O) groups excluding carboxylic acids is 1. The highest BCUT2D eigenvalue weighted by molar-refractivity contribution is 5.78. The van der Waals surface area contributed by atoms with Gasteiger partial charge in [0.1, 0.15) is 5.82 Å². The van der Waals surface area contributed by atoms with E-state index >= 15 is 0 Å². The number of para-hydroxylation sites is 2. The maximum atomic E-state index is 12.1. The molecule has 0 radical (unpaired) electrons. The standard InChI is InChI=1S/C17H25N3O/c1-3-7-13(8-4-2)17(21)18-12-11-16-19-14-9-5-6-10-15(14)20-16/h5-6,9-10,13H,3-4,7-8,11-12H2,1-2H3,(H,18,21)(H,19,20). The number of nitrogens with zero attached hydrogens (tertiary/aromatic N) is 1. The van der Waals surface area contributed by atoms with Gasteiger partial charge in [0.15, 0.2) is 0 Å². The molecule has 0 spiro atoms. The molecule has 114 valence electrons. The van der Waals surface area contributed by atoms with Crippen LogP contribution in [0.3, 0.4) is 0 Å². The maximum Gasteiger partial charge on any atom is 0.223 e. The van der Waals surface area contributed by atoms with Gasteiger partial charge in [-0.1, -0.05) is 38.8 Å². The summed E-state index contributed by atoms with van der Waals surface area (Å²) in [6.07, 6.45) is 4.81. The molecule has 2 aromatic rings. The Morgan fingerprint density at radius 1 is 1.24 bits per heavy atom. The number of nitrogens with one attached hydrogen (secondary N) is 2. The van der Waals surface area contributed by atoms with Crippen LogP contribution in [-0.2, 0) is 11.2 Å². The quantitative estimate of drug-likeness (QED) is 0.781. The number of hydrogen-bond acceptors (Lipinski definition) is 2. The van der Waals surface area contributed by atoms with Crippen LogP contribution in [0.5, 0.6) is 0 Å². The van der Waals surface area contributed by atoms with Crippen molar-refractivity contribution >= 4 is 16.9 Å². The van der Waals surface area contributed by atoms with E-state index in [-0.39, 0.29) is 11.8 Å². The van der Waals surface area contributed by atoms with Gasteiger partial charge in [0.05, 0.1) is 11.0 Å². The number of amides is 1. The second-order valence-electron chi connectivity index (χ2n) is 5.52. The number of carbonyl (C=O) groups is 1. The Morgan fingerprint density at radius 2 is 1.95 bits per heavy atom. The number of aromatic nitrogens is 2. The second-order valence-corrected chi connectivity index (χ2v) is 5.52. The van der Waals surface area contributed by atoms with E-state index < -0.39 is 0 Å². The molecule has 1 amide bonds. The molecule has 21 heavy (non-hydrogen) atoms. The van der Waals surface area contributed by atoms with Gasteiger partial charge < -0.3 is 10.3 Å². The maximum absolute atomic E-state index is 12.1. The molecule has 0 fully saturated rings. The van der Waals surface area contributed by atoms with Crippen LogP contribution in [0.1, 0.15) is 45.4 Å². The molecule has 1 heterocycles. The van der Waals surface area contributed by atoms with Crippen LogP contribution in [0, 0.1) is 5.92 Å². The number of imidazole rings is 1. The fraction of sp³-hybridized carbons (Fsp3) is 0.529. The summed E-state index contributed by atoms with van der Waals surface area (Å²) in [5.74, 6) is 1.28. The molecule has 0 bridgehead atoms. The van der Waals surface area contributed by atoms with Crippen molar-refractivity contribution in [3.63, 3.8) is 0 Å². The van der Waals surface area contributed by atoms with Crippen LogP contribution < -0.4 is 5.32 Å². The molecule has 0 aliphatic carbocycles. The summed E-state index contributed by atoms with van der Waals surface area (Å²) in [7, 11) is 0. The average Bonchev–Trinajstić information content (AvgIpc) is 2.89. The van der Waals surface area contributed by atoms with Crippen LogP contribution in [0.25, 0.3) is 11.0 Å². The van der Waals surface area contributed by atoms with E-state index in [1.165, 1.54) is 0 Å². The van der Waals surface area contributed by atoms with Crippen LogP contribution in [0.4, 0.5) is 0 Å². The second kappa shape index (κ2) is 7.81. The fourth-order valence-electron chi connectivity index (χ4n) is 2.68. The lowest BCUT2D eigenvalue weighted by Crippen LogP contribution is -2.32. The van der Waals surface area contributed by atoms with Gasteiger partial charge in [-0.05, 0) is 25.0 Å². The Hall–Kier alpha value is -1.84. The van der Waals surface area contributed by atoms with Gasteiger partial charge in [-0.3, -0.25) is 4.79 Å². The van der Waals surface area contributed by atoms with Crippen LogP contribution >= 0.6 is 0 Å². The van der Waals surface area contributed by atoms with E-state index in [2.05, 4.69) is 29.1 Å². The van der Waals surface area contributed by atoms with Gasteiger partial charge in [-0.2, -0.15) is 0 Å². The molecule has 2 N–H and O–H groups in total. The molecular formula is C17H25N3O. The summed E-state index contributed by atoms with van der Waals surface area (Å²) in [6.45, 7) is 4.90. The van der Waals surface area contributed by atoms with Gasteiger partial charge in [0.25, 0.3) is 0 Å². The zero-order chi connectivity index (χ0) is 15.1. The topological polar surface area (TPSA) is 57.8 Å². The molecular weight excluding hydrogens is 262 g/mol. The summed E-state index contributed by atoms with van der Waals surface area (Å²) >= 11 is 0. The monoisotopic (exact) mass is 287 g/mol. The van der Waals surface area contributed by atoms with Crippen molar-refractivity contribution in [2.24, 2.45) is 5.92 Å². The van der Waals surface area contributed by atoms with Crippen molar-refractivity contribution in [2.75, 3.05) is 6.54 Å². The fourth-order valence-corrected chi connectivity index (χ4v) is 2.68. The highest BCUT2D eigenvalue weighted by Crippen LogP contribution is 2.14. The molecule has 0 saturated carbocycles.